The number of piperazine rings is 1. The second-order valence-electron chi connectivity index (χ2n) is 8.71. The SMILES string of the molecule is Cc1ccccc1S(=O)(=O)Cc1ccc(C(=O)NCCCN2CCN(c3cccc(Cl)c3)CC2)o1. The maximum absolute atomic E-state index is 12.7. The first-order chi connectivity index (χ1) is 16.8. The molecule has 1 aliphatic heterocycles. The molecule has 3 aromatic rings. The molecule has 0 aliphatic carbocycles. The molecule has 1 aromatic heterocycles. The minimum Gasteiger partial charge on any atom is -0.455 e. The van der Waals surface area contributed by atoms with Gasteiger partial charge in [-0.15, -0.1) is 0 Å². The molecule has 2 heterocycles. The zero-order valence-corrected chi connectivity index (χ0v) is 21.3. The van der Waals surface area contributed by atoms with Crippen molar-refractivity contribution in [2.24, 2.45) is 0 Å². The van der Waals surface area contributed by atoms with E-state index in [-0.39, 0.29) is 28.1 Å². The van der Waals surface area contributed by atoms with Crippen LogP contribution in [0.2, 0.25) is 5.02 Å². The number of nitrogens with one attached hydrogen (secondary N) is 1. The maximum atomic E-state index is 12.7. The number of hydrogen-bond donors (Lipinski definition) is 1. The smallest absolute Gasteiger partial charge is 0.286 e. The number of hydrogen-bond acceptors (Lipinski definition) is 6. The summed E-state index contributed by atoms with van der Waals surface area (Å²) in [7, 11) is -3.55. The topological polar surface area (TPSA) is 82.9 Å². The Morgan fingerprint density at radius 2 is 1.80 bits per heavy atom. The molecule has 0 spiro atoms. The first-order valence-corrected chi connectivity index (χ1v) is 13.7. The third kappa shape index (κ3) is 6.66. The summed E-state index contributed by atoms with van der Waals surface area (Å²) in [5, 5.41) is 3.61. The van der Waals surface area contributed by atoms with Gasteiger partial charge < -0.3 is 14.6 Å². The summed E-state index contributed by atoms with van der Waals surface area (Å²) in [6.45, 7) is 6.95. The molecule has 7 nitrogen and oxygen atoms in total. The lowest BCUT2D eigenvalue weighted by molar-refractivity contribution is 0.0922. The van der Waals surface area contributed by atoms with E-state index in [1.165, 1.54) is 6.07 Å². The first kappa shape index (κ1) is 25.3. The van der Waals surface area contributed by atoms with E-state index < -0.39 is 9.84 Å². The lowest BCUT2D eigenvalue weighted by Crippen LogP contribution is -2.47. The summed E-state index contributed by atoms with van der Waals surface area (Å²) in [5.74, 6) is -0.256. The third-order valence-corrected chi connectivity index (χ3v) is 8.16. The molecule has 4 rings (SSSR count). The Bertz CT molecular complexity index is 1270. The van der Waals surface area contributed by atoms with Gasteiger partial charge in [0.2, 0.25) is 0 Å². The summed E-state index contributed by atoms with van der Waals surface area (Å²) in [4.78, 5) is 17.4. The van der Waals surface area contributed by atoms with Crippen LogP contribution in [0.3, 0.4) is 0 Å². The normalized spacial score (nSPS) is 14.7. The molecule has 1 amide bonds. The fraction of sp³-hybridized carbons (Fsp3) is 0.346. The summed E-state index contributed by atoms with van der Waals surface area (Å²) in [5.41, 5.74) is 1.83. The average Bonchev–Trinajstić information content (AvgIpc) is 3.30. The molecule has 0 bridgehead atoms. The van der Waals surface area contributed by atoms with Crippen LogP contribution in [-0.2, 0) is 15.6 Å². The van der Waals surface area contributed by atoms with Crippen LogP contribution >= 0.6 is 11.6 Å². The van der Waals surface area contributed by atoms with Gasteiger partial charge in [-0.25, -0.2) is 8.42 Å². The van der Waals surface area contributed by atoms with Crippen molar-refractivity contribution in [3.05, 3.63) is 82.8 Å². The number of furan rings is 1. The molecule has 0 unspecified atom stereocenters. The molecule has 1 N–H and O–H groups in total. The number of sulfone groups is 1. The van der Waals surface area contributed by atoms with Gasteiger partial charge >= 0.3 is 0 Å². The predicted octanol–water partition coefficient (Wildman–Crippen LogP) is 4.16. The van der Waals surface area contributed by atoms with Gasteiger partial charge in [0.15, 0.2) is 15.6 Å². The predicted molar refractivity (Wildman–Crippen MR) is 138 cm³/mol. The zero-order chi connectivity index (χ0) is 24.8. The highest BCUT2D eigenvalue weighted by Gasteiger charge is 2.21. The average molecular weight is 516 g/mol. The Morgan fingerprint density at radius 1 is 1.03 bits per heavy atom. The second-order valence-corrected chi connectivity index (χ2v) is 11.1. The Kier molecular flexibility index (Phi) is 8.15. The van der Waals surface area contributed by atoms with Crippen LogP contribution in [0.4, 0.5) is 5.69 Å². The second kappa shape index (κ2) is 11.3. The van der Waals surface area contributed by atoms with E-state index in [0.717, 1.165) is 49.9 Å². The van der Waals surface area contributed by atoms with Gasteiger partial charge in [0.1, 0.15) is 11.5 Å². The molecule has 9 heteroatoms. The molecule has 0 radical (unpaired) electrons. The van der Waals surface area contributed by atoms with E-state index >= 15 is 0 Å². The summed E-state index contributed by atoms with van der Waals surface area (Å²) in [6.07, 6.45) is 0.818. The number of carbonyl (C=O) groups excluding carboxylic acids is 1. The van der Waals surface area contributed by atoms with Crippen LogP contribution in [-0.4, -0.2) is 58.5 Å². The van der Waals surface area contributed by atoms with Gasteiger partial charge in [-0.1, -0.05) is 35.9 Å². The van der Waals surface area contributed by atoms with Crippen LogP contribution < -0.4 is 10.2 Å². The van der Waals surface area contributed by atoms with E-state index in [0.29, 0.717) is 12.1 Å². The van der Waals surface area contributed by atoms with Crippen LogP contribution in [0.15, 0.2) is 70.0 Å². The van der Waals surface area contributed by atoms with Crippen molar-refractivity contribution in [2.75, 3.05) is 44.2 Å². The highest BCUT2D eigenvalue weighted by atomic mass is 35.5. The van der Waals surface area contributed by atoms with Gasteiger partial charge in [0, 0.05) is 43.4 Å². The summed E-state index contributed by atoms with van der Waals surface area (Å²) >= 11 is 6.10. The summed E-state index contributed by atoms with van der Waals surface area (Å²) in [6, 6.07) is 17.8. The van der Waals surface area contributed by atoms with Crippen molar-refractivity contribution in [3.63, 3.8) is 0 Å². The number of nitrogens with zero attached hydrogens (tertiary/aromatic N) is 2. The van der Waals surface area contributed by atoms with Crippen molar-refractivity contribution in [1.82, 2.24) is 10.2 Å². The Hall–Kier alpha value is -2.81. The first-order valence-electron chi connectivity index (χ1n) is 11.7. The molecule has 0 atom stereocenters. The Labute approximate surface area is 211 Å². The molecule has 186 valence electrons. The molecule has 1 fully saturated rings. The molecular formula is C26H30ClN3O4S. The number of carbonyl (C=O) groups is 1. The molecule has 0 saturated carbocycles. The van der Waals surface area contributed by atoms with Crippen molar-refractivity contribution in [3.8, 4) is 0 Å². The molecular weight excluding hydrogens is 486 g/mol. The number of aryl methyl sites for hydroxylation is 1. The van der Waals surface area contributed by atoms with Gasteiger partial charge in [-0.3, -0.25) is 9.69 Å². The number of benzene rings is 2. The maximum Gasteiger partial charge on any atom is 0.286 e. The molecule has 35 heavy (non-hydrogen) atoms. The monoisotopic (exact) mass is 515 g/mol. The van der Waals surface area contributed by atoms with Crippen molar-refractivity contribution < 1.29 is 17.6 Å². The van der Waals surface area contributed by atoms with Crippen molar-refractivity contribution in [1.29, 1.82) is 0 Å². The molecule has 1 saturated heterocycles. The van der Waals surface area contributed by atoms with Gasteiger partial charge in [-0.2, -0.15) is 0 Å². The quantitative estimate of drug-likeness (QED) is 0.431. The van der Waals surface area contributed by atoms with Crippen LogP contribution in [0.25, 0.3) is 0 Å². The van der Waals surface area contributed by atoms with E-state index in [2.05, 4.69) is 21.2 Å². The highest BCUT2D eigenvalue weighted by Crippen LogP contribution is 2.22. The summed E-state index contributed by atoms with van der Waals surface area (Å²) < 4.78 is 30.9. The minimum absolute atomic E-state index is 0.120. The number of halogens is 1. The lowest BCUT2D eigenvalue weighted by atomic mass is 10.2. The van der Waals surface area contributed by atoms with Crippen LogP contribution in [0.5, 0.6) is 0 Å². The third-order valence-electron chi connectivity index (χ3n) is 6.13. The minimum atomic E-state index is -3.55. The fourth-order valence-corrected chi connectivity index (χ4v) is 5.96. The van der Waals surface area contributed by atoms with Crippen LogP contribution in [0.1, 0.15) is 28.3 Å². The van der Waals surface area contributed by atoms with Gasteiger partial charge in [0.25, 0.3) is 5.91 Å². The zero-order valence-electron chi connectivity index (χ0n) is 19.7. The molecule has 1 aliphatic rings. The van der Waals surface area contributed by atoms with Gasteiger partial charge in [-0.05, 0) is 61.9 Å². The van der Waals surface area contributed by atoms with Gasteiger partial charge in [0.05, 0.1) is 4.90 Å². The van der Waals surface area contributed by atoms with Crippen molar-refractivity contribution >= 4 is 33.0 Å². The largest absolute Gasteiger partial charge is 0.455 e. The standard InChI is InChI=1S/C26H30ClN3O4S/c1-20-6-2-3-9-25(20)35(32,33)19-23-10-11-24(34-23)26(31)28-12-5-13-29-14-16-30(17-15-29)22-8-4-7-21(27)18-22/h2-4,6-11,18H,5,12-17,19H2,1H3,(H,28,31). The Balaban J connectivity index is 1.19. The van der Waals surface area contributed by atoms with E-state index in [9.17, 15) is 13.2 Å². The highest BCUT2D eigenvalue weighted by molar-refractivity contribution is 7.90. The van der Waals surface area contributed by atoms with E-state index in [1.807, 2.05) is 18.2 Å². The van der Waals surface area contributed by atoms with Crippen molar-refractivity contribution in [2.45, 2.75) is 24.0 Å². The Morgan fingerprint density at radius 3 is 2.54 bits per heavy atom. The number of rotatable bonds is 9. The lowest BCUT2D eigenvalue weighted by Gasteiger charge is -2.36. The molecule has 2 aromatic carbocycles. The fourth-order valence-electron chi connectivity index (χ4n) is 4.24. The van der Waals surface area contributed by atoms with Crippen LogP contribution in [0, 0.1) is 6.92 Å². The van der Waals surface area contributed by atoms with E-state index in [1.54, 1.807) is 37.3 Å². The number of amides is 1. The number of anilines is 1. The van der Waals surface area contributed by atoms with E-state index in [4.69, 9.17) is 16.0 Å².